The molecule has 0 spiro atoms. The summed E-state index contributed by atoms with van der Waals surface area (Å²) in [6, 6.07) is 18.9. The molecule has 1 aromatic heterocycles. The van der Waals surface area contributed by atoms with Crippen LogP contribution in [0.4, 0.5) is 10.5 Å². The standard InChI is InChI=1S/C23H19N3O3S/c1-28-19-9-7-18(8-10-19)25-22-21(30-23(27)26-22)13-16-4-2-6-20(12-16)29-15-17-5-3-11-24-14-17/h2-14H,15H2,1H3,(H,25,26,27)/b21-13+. The predicted molar refractivity (Wildman–Crippen MR) is 119 cm³/mol. The second-order valence-electron chi connectivity index (χ2n) is 6.40. The number of carbonyl (C=O) groups is 1. The molecule has 0 unspecified atom stereocenters. The fourth-order valence-corrected chi connectivity index (χ4v) is 3.53. The monoisotopic (exact) mass is 417 g/mol. The molecule has 0 aliphatic carbocycles. The van der Waals surface area contributed by atoms with Crippen molar-refractivity contribution in [3.63, 3.8) is 0 Å². The van der Waals surface area contributed by atoms with Crippen molar-refractivity contribution in [1.29, 1.82) is 0 Å². The number of thioether (sulfide) groups is 1. The van der Waals surface area contributed by atoms with E-state index >= 15 is 0 Å². The van der Waals surface area contributed by atoms with Crippen LogP contribution in [0.3, 0.4) is 0 Å². The van der Waals surface area contributed by atoms with Gasteiger partial charge >= 0.3 is 0 Å². The average molecular weight is 417 g/mol. The van der Waals surface area contributed by atoms with Crippen LogP contribution in [-0.2, 0) is 6.61 Å². The van der Waals surface area contributed by atoms with E-state index in [-0.39, 0.29) is 5.24 Å². The highest BCUT2D eigenvalue weighted by molar-refractivity contribution is 8.18. The third kappa shape index (κ3) is 5.07. The maximum Gasteiger partial charge on any atom is 0.289 e. The molecule has 0 atom stereocenters. The molecule has 1 N–H and O–H groups in total. The fraction of sp³-hybridized carbons (Fsp3) is 0.0870. The van der Waals surface area contributed by atoms with Crippen molar-refractivity contribution in [2.45, 2.75) is 6.61 Å². The maximum atomic E-state index is 12.0. The number of hydrogen-bond donors (Lipinski definition) is 1. The normalized spacial score (nSPS) is 16.0. The summed E-state index contributed by atoms with van der Waals surface area (Å²) in [7, 11) is 1.62. The van der Waals surface area contributed by atoms with Crippen molar-refractivity contribution in [2.24, 2.45) is 4.99 Å². The van der Waals surface area contributed by atoms with E-state index in [0.29, 0.717) is 12.4 Å². The lowest BCUT2D eigenvalue weighted by Gasteiger charge is -2.07. The molecule has 3 aromatic rings. The number of amidine groups is 1. The van der Waals surface area contributed by atoms with E-state index in [4.69, 9.17) is 9.47 Å². The molecule has 1 fully saturated rings. The first-order valence-electron chi connectivity index (χ1n) is 9.25. The van der Waals surface area contributed by atoms with Gasteiger partial charge in [0.1, 0.15) is 23.9 Å². The van der Waals surface area contributed by atoms with E-state index in [1.807, 2.05) is 66.7 Å². The van der Waals surface area contributed by atoms with Gasteiger partial charge in [0.05, 0.1) is 17.7 Å². The maximum absolute atomic E-state index is 12.0. The van der Waals surface area contributed by atoms with Gasteiger partial charge in [0.25, 0.3) is 5.24 Å². The average Bonchev–Trinajstić information content (AvgIpc) is 3.12. The quantitative estimate of drug-likeness (QED) is 0.597. The number of nitrogens with one attached hydrogen (secondary N) is 1. The lowest BCUT2D eigenvalue weighted by atomic mass is 10.2. The number of carbonyl (C=O) groups excluding carboxylic acids is 1. The molecule has 0 saturated carbocycles. The number of rotatable bonds is 6. The number of nitrogens with zero attached hydrogens (tertiary/aromatic N) is 2. The number of ether oxygens (including phenoxy) is 2. The molecule has 2 aromatic carbocycles. The lowest BCUT2D eigenvalue weighted by Crippen LogP contribution is -2.18. The highest BCUT2D eigenvalue weighted by Gasteiger charge is 2.23. The summed E-state index contributed by atoms with van der Waals surface area (Å²) in [5.74, 6) is 2.02. The predicted octanol–water partition coefficient (Wildman–Crippen LogP) is 5.20. The molecule has 6 nitrogen and oxygen atoms in total. The Bertz CT molecular complexity index is 1100. The van der Waals surface area contributed by atoms with Crippen LogP contribution in [0.2, 0.25) is 0 Å². The molecule has 1 aliphatic heterocycles. The van der Waals surface area contributed by atoms with E-state index < -0.39 is 0 Å². The smallest absolute Gasteiger partial charge is 0.289 e. The number of methoxy groups -OCH3 is 1. The van der Waals surface area contributed by atoms with Crippen LogP contribution in [0.25, 0.3) is 6.08 Å². The third-order valence-corrected chi connectivity index (χ3v) is 5.07. The van der Waals surface area contributed by atoms with Gasteiger partial charge in [-0.3, -0.25) is 9.78 Å². The van der Waals surface area contributed by atoms with Crippen molar-refractivity contribution >= 4 is 34.6 Å². The minimum absolute atomic E-state index is 0.155. The summed E-state index contributed by atoms with van der Waals surface area (Å²) in [6.07, 6.45) is 5.43. The Kier molecular flexibility index (Phi) is 6.10. The van der Waals surface area contributed by atoms with Gasteiger partial charge in [-0.15, -0.1) is 0 Å². The Hall–Kier alpha value is -3.58. The zero-order valence-corrected chi connectivity index (χ0v) is 17.1. The molecular formula is C23H19N3O3S. The molecule has 0 radical (unpaired) electrons. The van der Waals surface area contributed by atoms with E-state index in [2.05, 4.69) is 15.3 Å². The van der Waals surface area contributed by atoms with Crippen LogP contribution in [0.15, 0.2) is 83.0 Å². The van der Waals surface area contributed by atoms with Gasteiger partial charge in [-0.2, -0.15) is 0 Å². The van der Waals surface area contributed by atoms with Crippen LogP contribution < -0.4 is 14.8 Å². The summed E-state index contributed by atoms with van der Waals surface area (Å²) in [6.45, 7) is 0.437. The summed E-state index contributed by atoms with van der Waals surface area (Å²) >= 11 is 1.12. The van der Waals surface area contributed by atoms with Crippen molar-refractivity contribution in [2.75, 3.05) is 7.11 Å². The van der Waals surface area contributed by atoms with Gasteiger partial charge in [0.15, 0.2) is 0 Å². The zero-order valence-electron chi connectivity index (χ0n) is 16.2. The summed E-state index contributed by atoms with van der Waals surface area (Å²) in [4.78, 5) is 21.4. The number of aliphatic imine (C=N–C) groups is 1. The minimum atomic E-state index is -0.155. The molecular weight excluding hydrogens is 398 g/mol. The Morgan fingerprint density at radius 2 is 1.97 bits per heavy atom. The summed E-state index contributed by atoms with van der Waals surface area (Å²) in [5, 5.41) is 2.64. The SMILES string of the molecule is COc1ccc(N=C2NC(=O)S/C2=C/c2cccc(OCc3cccnc3)c2)cc1. The number of hydrogen-bond acceptors (Lipinski definition) is 6. The highest BCUT2D eigenvalue weighted by atomic mass is 32.2. The molecule has 1 aliphatic rings. The Balaban J connectivity index is 1.53. The Morgan fingerprint density at radius 3 is 2.73 bits per heavy atom. The van der Waals surface area contributed by atoms with Gasteiger partial charge in [0.2, 0.25) is 0 Å². The minimum Gasteiger partial charge on any atom is -0.497 e. The molecule has 2 heterocycles. The van der Waals surface area contributed by atoms with E-state index in [1.165, 1.54) is 0 Å². The van der Waals surface area contributed by atoms with Gasteiger partial charge in [-0.05, 0) is 65.9 Å². The molecule has 0 bridgehead atoms. The number of amides is 1. The number of pyridine rings is 1. The largest absolute Gasteiger partial charge is 0.497 e. The van der Waals surface area contributed by atoms with Gasteiger partial charge in [0, 0.05) is 18.0 Å². The fourth-order valence-electron chi connectivity index (χ4n) is 2.79. The van der Waals surface area contributed by atoms with Gasteiger partial charge in [-0.25, -0.2) is 4.99 Å². The molecule has 1 amide bonds. The summed E-state index contributed by atoms with van der Waals surface area (Å²) in [5.41, 5.74) is 2.64. The second kappa shape index (κ2) is 9.28. The van der Waals surface area contributed by atoms with Crippen molar-refractivity contribution in [1.82, 2.24) is 10.3 Å². The third-order valence-electron chi connectivity index (χ3n) is 4.25. The van der Waals surface area contributed by atoms with Crippen LogP contribution in [-0.4, -0.2) is 23.2 Å². The van der Waals surface area contributed by atoms with E-state index in [1.54, 1.807) is 19.5 Å². The van der Waals surface area contributed by atoms with Crippen LogP contribution in [0, 0.1) is 0 Å². The first kappa shape index (κ1) is 19.7. The molecule has 150 valence electrons. The first-order chi connectivity index (χ1) is 14.7. The first-order valence-corrected chi connectivity index (χ1v) is 10.1. The molecule has 1 saturated heterocycles. The van der Waals surface area contributed by atoms with Crippen LogP contribution in [0.5, 0.6) is 11.5 Å². The molecule has 30 heavy (non-hydrogen) atoms. The van der Waals surface area contributed by atoms with Gasteiger partial charge < -0.3 is 14.8 Å². The Labute approximate surface area is 178 Å². The number of aromatic nitrogens is 1. The van der Waals surface area contributed by atoms with Crippen LogP contribution >= 0.6 is 11.8 Å². The second-order valence-corrected chi connectivity index (χ2v) is 7.42. The van der Waals surface area contributed by atoms with E-state index in [9.17, 15) is 4.79 Å². The van der Waals surface area contributed by atoms with Crippen molar-refractivity contribution in [3.05, 3.63) is 89.1 Å². The molecule has 7 heteroatoms. The zero-order chi connectivity index (χ0) is 20.8. The topological polar surface area (TPSA) is 72.8 Å². The number of benzene rings is 2. The van der Waals surface area contributed by atoms with E-state index in [0.717, 1.165) is 45.0 Å². The Morgan fingerprint density at radius 1 is 1.10 bits per heavy atom. The van der Waals surface area contributed by atoms with Crippen molar-refractivity contribution in [3.8, 4) is 11.5 Å². The lowest BCUT2D eigenvalue weighted by molar-refractivity contribution is 0.265. The molecule has 4 rings (SSSR count). The van der Waals surface area contributed by atoms with Crippen molar-refractivity contribution < 1.29 is 14.3 Å². The highest BCUT2D eigenvalue weighted by Crippen LogP contribution is 2.29. The summed E-state index contributed by atoms with van der Waals surface area (Å²) < 4.78 is 11.0. The van der Waals surface area contributed by atoms with Crippen LogP contribution in [0.1, 0.15) is 11.1 Å². The van der Waals surface area contributed by atoms with Gasteiger partial charge in [-0.1, -0.05) is 18.2 Å².